The molecule has 8 N–H and O–H groups in total. The summed E-state index contributed by atoms with van der Waals surface area (Å²) >= 11 is 3.56. The first-order valence-corrected chi connectivity index (χ1v) is 10.8. The monoisotopic (exact) mass is 651 g/mol. The van der Waals surface area contributed by atoms with Gasteiger partial charge in [0.15, 0.2) is 0 Å². The zero-order chi connectivity index (χ0) is 23.0. The molecule has 1 aromatic carbocycles. The Morgan fingerprint density at radius 2 is 1.37 bits per heavy atom. The maximum absolute atomic E-state index is 12.8. The topological polar surface area (TPSA) is 188 Å². The zero-order valence-electron chi connectivity index (χ0n) is 15.9. The van der Waals surface area contributed by atoms with Crippen LogP contribution in [0.25, 0.3) is 0 Å². The molecular formula is C17H23I2N3O8. The fraction of sp³-hybridized carbons (Fsp3) is 0.471. The zero-order valence-corrected chi connectivity index (χ0v) is 20.2. The average Bonchev–Trinajstić information content (AvgIpc) is 2.71. The Bertz CT molecular complexity index is 783. The van der Waals surface area contributed by atoms with Crippen LogP contribution in [0.3, 0.4) is 0 Å². The second-order valence-corrected chi connectivity index (χ2v) is 8.37. The smallest absolute Gasteiger partial charge is 0.253 e. The van der Waals surface area contributed by atoms with E-state index in [2.05, 4.69) is 16.0 Å². The molecule has 0 aromatic heterocycles. The largest absolute Gasteiger partial charge is 0.394 e. The summed E-state index contributed by atoms with van der Waals surface area (Å²) in [5, 5.41) is 53.5. The molecule has 13 heteroatoms. The quantitative estimate of drug-likeness (QED) is 0.139. The normalized spacial score (nSPS) is 12.1. The summed E-state index contributed by atoms with van der Waals surface area (Å²) in [7, 11) is 0. The fourth-order valence-electron chi connectivity index (χ4n) is 2.15. The Labute approximate surface area is 199 Å². The van der Waals surface area contributed by atoms with Crippen LogP contribution in [0.2, 0.25) is 0 Å². The number of carbonyl (C=O) groups is 3. The van der Waals surface area contributed by atoms with Crippen LogP contribution in [0, 0.1) is 7.14 Å². The summed E-state index contributed by atoms with van der Waals surface area (Å²) in [4.78, 5) is 37.4. The van der Waals surface area contributed by atoms with Crippen molar-refractivity contribution in [3.8, 4) is 0 Å². The van der Waals surface area contributed by atoms with Gasteiger partial charge in [-0.15, -0.1) is 0 Å². The lowest BCUT2D eigenvalue weighted by Crippen LogP contribution is -2.42. The molecule has 11 nitrogen and oxygen atoms in total. The van der Waals surface area contributed by atoms with E-state index in [-0.39, 0.29) is 24.0 Å². The highest BCUT2D eigenvalue weighted by molar-refractivity contribution is 14.1. The molecule has 1 aromatic rings. The number of aliphatic hydroxyl groups is 5. The van der Waals surface area contributed by atoms with Crippen LogP contribution < -0.4 is 16.0 Å². The van der Waals surface area contributed by atoms with Crippen molar-refractivity contribution in [1.82, 2.24) is 10.6 Å². The van der Waals surface area contributed by atoms with E-state index in [1.54, 1.807) is 45.2 Å². The molecule has 0 heterocycles. The summed E-state index contributed by atoms with van der Waals surface area (Å²) in [5.41, 5.74) is 0.0472. The van der Waals surface area contributed by atoms with E-state index < -0.39 is 62.3 Å². The van der Waals surface area contributed by atoms with Crippen molar-refractivity contribution in [3.05, 3.63) is 24.3 Å². The standard InChI is InChI=1S/C17H23I2N3O8/c1-7(27)15(28)22-11-2-10(16(29)20-8(3-23)4-24)13(18)12(14(11)19)17(30)21-9(5-25)6-26/h2,7-9,23-27H,3-6H2,1H3,(H,20,29)(H,21,30)(H,22,28)/t7-/m0/s1. The SMILES string of the molecule is C[C@H](O)C(=O)Nc1cc(C(=O)NC(CO)CO)c(I)c(C(=O)NC(CO)CO)c1I. The number of nitrogens with one attached hydrogen (secondary N) is 3. The Morgan fingerprint density at radius 1 is 0.900 bits per heavy atom. The third-order valence-electron chi connectivity index (χ3n) is 3.86. The Morgan fingerprint density at radius 3 is 1.80 bits per heavy atom. The molecule has 0 aliphatic carbocycles. The molecule has 1 rings (SSSR count). The third kappa shape index (κ3) is 6.96. The highest BCUT2D eigenvalue weighted by Crippen LogP contribution is 2.30. The molecule has 0 bridgehead atoms. The van der Waals surface area contributed by atoms with Gasteiger partial charge in [-0.3, -0.25) is 14.4 Å². The molecule has 0 unspecified atom stereocenters. The van der Waals surface area contributed by atoms with Crippen molar-refractivity contribution < 1.29 is 39.9 Å². The minimum atomic E-state index is -1.35. The van der Waals surface area contributed by atoms with E-state index in [1.807, 2.05) is 0 Å². The average molecular weight is 651 g/mol. The van der Waals surface area contributed by atoms with Crippen LogP contribution in [0.1, 0.15) is 27.6 Å². The van der Waals surface area contributed by atoms with E-state index in [0.717, 1.165) is 0 Å². The first-order chi connectivity index (χ1) is 14.1. The number of benzene rings is 1. The van der Waals surface area contributed by atoms with Crippen molar-refractivity contribution in [2.75, 3.05) is 31.7 Å². The predicted molar refractivity (Wildman–Crippen MR) is 123 cm³/mol. The van der Waals surface area contributed by atoms with E-state index in [9.17, 15) is 39.9 Å². The molecule has 0 saturated carbocycles. The minimum absolute atomic E-state index is 0.00110. The number of rotatable bonds is 10. The number of aliphatic hydroxyl groups excluding tert-OH is 5. The van der Waals surface area contributed by atoms with Gasteiger partial charge < -0.3 is 41.5 Å². The van der Waals surface area contributed by atoms with Crippen molar-refractivity contribution in [1.29, 1.82) is 0 Å². The lowest BCUT2D eigenvalue weighted by Gasteiger charge is -2.20. The van der Waals surface area contributed by atoms with Crippen LogP contribution in [0.4, 0.5) is 5.69 Å². The molecular weight excluding hydrogens is 628 g/mol. The molecule has 168 valence electrons. The highest BCUT2D eigenvalue weighted by atomic mass is 127. The van der Waals surface area contributed by atoms with E-state index in [4.69, 9.17) is 0 Å². The molecule has 1 atom stereocenters. The Balaban J connectivity index is 3.51. The van der Waals surface area contributed by atoms with Gasteiger partial charge in [0.1, 0.15) is 6.10 Å². The van der Waals surface area contributed by atoms with Gasteiger partial charge in [-0.2, -0.15) is 0 Å². The second kappa shape index (κ2) is 12.7. The van der Waals surface area contributed by atoms with Crippen LogP contribution in [-0.2, 0) is 4.79 Å². The second-order valence-electron chi connectivity index (χ2n) is 6.21. The van der Waals surface area contributed by atoms with Crippen LogP contribution in [0.5, 0.6) is 0 Å². The van der Waals surface area contributed by atoms with Gasteiger partial charge >= 0.3 is 0 Å². The van der Waals surface area contributed by atoms with Crippen molar-refractivity contribution >= 4 is 68.6 Å². The third-order valence-corrected chi connectivity index (χ3v) is 6.10. The van der Waals surface area contributed by atoms with Gasteiger partial charge in [-0.25, -0.2) is 0 Å². The summed E-state index contributed by atoms with van der Waals surface area (Å²) in [6.07, 6.45) is -1.35. The summed E-state index contributed by atoms with van der Waals surface area (Å²) in [6, 6.07) is -0.573. The van der Waals surface area contributed by atoms with Crippen LogP contribution in [0.15, 0.2) is 6.07 Å². The molecule has 0 aliphatic heterocycles. The van der Waals surface area contributed by atoms with Gasteiger partial charge in [-0.1, -0.05) is 0 Å². The first-order valence-electron chi connectivity index (χ1n) is 8.67. The number of amides is 3. The highest BCUT2D eigenvalue weighted by Gasteiger charge is 2.27. The van der Waals surface area contributed by atoms with Crippen LogP contribution in [-0.4, -0.2) is 87.9 Å². The molecule has 30 heavy (non-hydrogen) atoms. The molecule has 0 saturated heterocycles. The molecule has 3 amide bonds. The van der Waals surface area contributed by atoms with Crippen LogP contribution >= 0.6 is 45.2 Å². The maximum atomic E-state index is 12.8. The number of carbonyl (C=O) groups excluding carboxylic acids is 3. The molecule has 0 fully saturated rings. The maximum Gasteiger partial charge on any atom is 0.253 e. The summed E-state index contributed by atoms with van der Waals surface area (Å²) in [6.45, 7) is -0.824. The number of anilines is 1. The summed E-state index contributed by atoms with van der Waals surface area (Å²) < 4.78 is 0.460. The predicted octanol–water partition coefficient (Wildman–Crippen LogP) is -1.62. The van der Waals surface area contributed by atoms with Crippen molar-refractivity contribution in [2.45, 2.75) is 25.1 Å². The number of hydrogen-bond donors (Lipinski definition) is 8. The van der Waals surface area contributed by atoms with Gasteiger partial charge in [0.25, 0.3) is 17.7 Å². The first kappa shape index (κ1) is 26.9. The molecule has 0 radical (unpaired) electrons. The lowest BCUT2D eigenvalue weighted by atomic mass is 10.1. The molecule has 0 aliphatic rings. The van der Waals surface area contributed by atoms with Gasteiger partial charge in [0.2, 0.25) is 0 Å². The fourth-order valence-corrected chi connectivity index (χ4v) is 4.38. The lowest BCUT2D eigenvalue weighted by molar-refractivity contribution is -0.123. The van der Waals surface area contributed by atoms with E-state index >= 15 is 0 Å². The minimum Gasteiger partial charge on any atom is -0.394 e. The van der Waals surface area contributed by atoms with Crippen molar-refractivity contribution in [3.63, 3.8) is 0 Å². The Kier molecular flexibility index (Phi) is 11.4. The van der Waals surface area contributed by atoms with Gasteiger partial charge in [0, 0.05) is 3.57 Å². The van der Waals surface area contributed by atoms with E-state index in [1.165, 1.54) is 13.0 Å². The van der Waals surface area contributed by atoms with Crippen molar-refractivity contribution in [2.24, 2.45) is 0 Å². The molecule has 0 spiro atoms. The number of hydrogen-bond acceptors (Lipinski definition) is 8. The Hall–Kier alpha value is -1.11. The number of halogens is 2. The van der Waals surface area contributed by atoms with E-state index in [0.29, 0.717) is 0 Å². The summed E-state index contributed by atoms with van der Waals surface area (Å²) in [5.74, 6) is -2.19. The van der Waals surface area contributed by atoms with Gasteiger partial charge in [-0.05, 0) is 58.2 Å². The van der Waals surface area contributed by atoms with Gasteiger partial charge in [0.05, 0.1) is 58.9 Å².